The van der Waals surface area contributed by atoms with Gasteiger partial charge in [0, 0.05) is 23.1 Å². The minimum absolute atomic E-state index is 0.936. The van der Waals surface area contributed by atoms with E-state index in [1.54, 1.807) is 0 Å². The minimum atomic E-state index is 0.936. The van der Waals surface area contributed by atoms with E-state index in [1.165, 1.54) is 33.3 Å². The Morgan fingerprint density at radius 1 is 0.955 bits per heavy atom. The molecule has 0 saturated carbocycles. The first-order chi connectivity index (χ1) is 10.8. The Balaban J connectivity index is 1.57. The molecule has 2 heteroatoms. The molecule has 2 aromatic carbocycles. The summed E-state index contributed by atoms with van der Waals surface area (Å²) < 4.78 is 0. The number of rotatable bonds is 6. The highest BCUT2D eigenvalue weighted by Gasteiger charge is 2.06. The third-order valence-electron chi connectivity index (χ3n) is 4.34. The van der Waals surface area contributed by atoms with E-state index in [-0.39, 0.29) is 0 Å². The molecule has 0 amide bonds. The Morgan fingerprint density at radius 2 is 1.68 bits per heavy atom. The number of H-pyrrole nitrogens is 1. The second-order valence-electron chi connectivity index (χ2n) is 5.87. The molecule has 0 aliphatic rings. The zero-order valence-electron chi connectivity index (χ0n) is 13.4. The second-order valence-corrected chi connectivity index (χ2v) is 5.87. The molecule has 0 aliphatic carbocycles. The summed E-state index contributed by atoms with van der Waals surface area (Å²) in [4.78, 5) is 3.47. The van der Waals surface area contributed by atoms with Crippen LogP contribution in [-0.2, 0) is 19.4 Å². The van der Waals surface area contributed by atoms with Crippen LogP contribution < -0.4 is 5.32 Å². The van der Waals surface area contributed by atoms with Gasteiger partial charge in [-0.1, -0.05) is 49.4 Å². The molecule has 22 heavy (non-hydrogen) atoms. The molecule has 2 N–H and O–H groups in total. The average molecular weight is 292 g/mol. The highest BCUT2D eigenvalue weighted by molar-refractivity contribution is 5.84. The highest BCUT2D eigenvalue weighted by atomic mass is 14.8. The van der Waals surface area contributed by atoms with E-state index in [4.69, 9.17) is 0 Å². The Kier molecular flexibility index (Phi) is 4.59. The van der Waals surface area contributed by atoms with Crippen LogP contribution in [-0.4, -0.2) is 11.5 Å². The van der Waals surface area contributed by atoms with Crippen LogP contribution in [0.1, 0.15) is 29.3 Å². The van der Waals surface area contributed by atoms with Crippen molar-refractivity contribution in [2.24, 2.45) is 0 Å². The molecule has 0 saturated heterocycles. The zero-order chi connectivity index (χ0) is 15.4. The Bertz CT molecular complexity index is 738. The van der Waals surface area contributed by atoms with Crippen LogP contribution in [0.3, 0.4) is 0 Å². The van der Waals surface area contributed by atoms with E-state index >= 15 is 0 Å². The summed E-state index contributed by atoms with van der Waals surface area (Å²) in [5, 5.41) is 4.91. The molecule has 1 aromatic heterocycles. The number of para-hydroxylation sites is 1. The lowest BCUT2D eigenvalue weighted by molar-refractivity contribution is 0.687. The van der Waals surface area contributed by atoms with E-state index in [1.807, 2.05) is 0 Å². The first-order valence-corrected chi connectivity index (χ1v) is 8.12. The summed E-state index contributed by atoms with van der Waals surface area (Å²) in [6.45, 7) is 6.29. The first kappa shape index (κ1) is 14.9. The predicted molar refractivity (Wildman–Crippen MR) is 94.3 cm³/mol. The van der Waals surface area contributed by atoms with Gasteiger partial charge in [0.15, 0.2) is 0 Å². The van der Waals surface area contributed by atoms with Crippen LogP contribution in [0, 0.1) is 6.92 Å². The fourth-order valence-electron chi connectivity index (χ4n) is 3.00. The molecule has 0 radical (unpaired) electrons. The maximum Gasteiger partial charge on any atom is 0.0458 e. The Morgan fingerprint density at radius 3 is 2.45 bits per heavy atom. The number of hydrogen-bond donors (Lipinski definition) is 2. The van der Waals surface area contributed by atoms with Gasteiger partial charge < -0.3 is 10.3 Å². The lowest BCUT2D eigenvalue weighted by Gasteiger charge is -2.06. The largest absolute Gasteiger partial charge is 0.358 e. The predicted octanol–water partition coefficient (Wildman–Crippen LogP) is 4.37. The monoisotopic (exact) mass is 292 g/mol. The fraction of sp³-hybridized carbons (Fsp3) is 0.300. The van der Waals surface area contributed by atoms with Crippen LogP contribution in [0.4, 0.5) is 0 Å². The molecule has 0 unspecified atom stereocenters. The third-order valence-corrected chi connectivity index (χ3v) is 4.34. The molecule has 0 spiro atoms. The Labute approximate surface area is 132 Å². The summed E-state index contributed by atoms with van der Waals surface area (Å²) in [6.07, 6.45) is 2.16. The summed E-state index contributed by atoms with van der Waals surface area (Å²) in [6, 6.07) is 17.4. The molecule has 0 atom stereocenters. The molecule has 1 heterocycles. The number of nitrogens with one attached hydrogen (secondary N) is 2. The van der Waals surface area contributed by atoms with Crippen molar-refractivity contribution in [3.8, 4) is 0 Å². The van der Waals surface area contributed by atoms with E-state index in [2.05, 4.69) is 72.7 Å². The van der Waals surface area contributed by atoms with Crippen molar-refractivity contribution in [2.45, 2.75) is 33.2 Å². The topological polar surface area (TPSA) is 27.8 Å². The molecule has 2 nitrogen and oxygen atoms in total. The number of aryl methyl sites for hydroxylation is 2. The zero-order valence-corrected chi connectivity index (χ0v) is 13.4. The van der Waals surface area contributed by atoms with E-state index < -0.39 is 0 Å². The quantitative estimate of drug-likeness (QED) is 0.649. The minimum Gasteiger partial charge on any atom is -0.358 e. The van der Waals surface area contributed by atoms with E-state index in [0.29, 0.717) is 0 Å². The van der Waals surface area contributed by atoms with Crippen LogP contribution in [0.2, 0.25) is 0 Å². The maximum atomic E-state index is 3.56. The van der Waals surface area contributed by atoms with Gasteiger partial charge in [-0.25, -0.2) is 0 Å². The van der Waals surface area contributed by atoms with Gasteiger partial charge in [0.05, 0.1) is 0 Å². The summed E-state index contributed by atoms with van der Waals surface area (Å²) in [7, 11) is 0. The standard InChI is InChI=1S/C20H24N2/c1-3-16-8-10-17(11-9-16)14-21-13-12-18-15(2)22-20-7-5-4-6-19(18)20/h4-11,21-22H,3,12-14H2,1-2H3. The number of aromatic nitrogens is 1. The first-order valence-electron chi connectivity index (χ1n) is 8.12. The van der Waals surface area contributed by atoms with E-state index in [9.17, 15) is 0 Å². The van der Waals surface area contributed by atoms with Crippen LogP contribution in [0.25, 0.3) is 10.9 Å². The van der Waals surface area contributed by atoms with Gasteiger partial charge >= 0.3 is 0 Å². The van der Waals surface area contributed by atoms with Gasteiger partial charge in [0.2, 0.25) is 0 Å². The lowest BCUT2D eigenvalue weighted by Crippen LogP contribution is -2.16. The summed E-state index contributed by atoms with van der Waals surface area (Å²) in [5.41, 5.74) is 6.72. The molecule has 0 bridgehead atoms. The third kappa shape index (κ3) is 3.23. The number of hydrogen-bond acceptors (Lipinski definition) is 1. The van der Waals surface area contributed by atoms with Gasteiger partial charge in [-0.15, -0.1) is 0 Å². The SMILES string of the molecule is CCc1ccc(CNCCc2c(C)[nH]c3ccccc23)cc1. The van der Waals surface area contributed by atoms with Crippen molar-refractivity contribution in [3.63, 3.8) is 0 Å². The van der Waals surface area contributed by atoms with Crippen molar-refractivity contribution in [2.75, 3.05) is 6.54 Å². The van der Waals surface area contributed by atoms with Gasteiger partial charge in [-0.3, -0.25) is 0 Å². The molecular formula is C20H24N2. The maximum absolute atomic E-state index is 3.56. The van der Waals surface area contributed by atoms with Crippen molar-refractivity contribution < 1.29 is 0 Å². The van der Waals surface area contributed by atoms with Crippen LogP contribution in [0.15, 0.2) is 48.5 Å². The van der Waals surface area contributed by atoms with Crippen LogP contribution >= 0.6 is 0 Å². The van der Waals surface area contributed by atoms with Gasteiger partial charge in [-0.05, 0) is 49.1 Å². The summed E-state index contributed by atoms with van der Waals surface area (Å²) >= 11 is 0. The van der Waals surface area contributed by atoms with Crippen molar-refractivity contribution in [3.05, 3.63) is 70.9 Å². The number of fused-ring (bicyclic) bond motifs is 1. The van der Waals surface area contributed by atoms with E-state index in [0.717, 1.165) is 25.9 Å². The average Bonchev–Trinajstić information content (AvgIpc) is 2.88. The lowest BCUT2D eigenvalue weighted by atomic mass is 10.1. The highest BCUT2D eigenvalue weighted by Crippen LogP contribution is 2.21. The molecule has 114 valence electrons. The number of aromatic amines is 1. The van der Waals surface area contributed by atoms with Crippen molar-refractivity contribution in [1.29, 1.82) is 0 Å². The molecule has 3 rings (SSSR count). The normalized spacial score (nSPS) is 11.2. The van der Waals surface area contributed by atoms with Gasteiger partial charge in [-0.2, -0.15) is 0 Å². The van der Waals surface area contributed by atoms with Crippen molar-refractivity contribution in [1.82, 2.24) is 10.3 Å². The number of benzene rings is 2. The van der Waals surface area contributed by atoms with Crippen molar-refractivity contribution >= 4 is 10.9 Å². The Hall–Kier alpha value is -2.06. The smallest absolute Gasteiger partial charge is 0.0458 e. The molecule has 0 aliphatic heterocycles. The molecular weight excluding hydrogens is 268 g/mol. The van der Waals surface area contributed by atoms with Crippen LogP contribution in [0.5, 0.6) is 0 Å². The van der Waals surface area contributed by atoms with Gasteiger partial charge in [0.25, 0.3) is 0 Å². The molecule has 3 aromatic rings. The second kappa shape index (κ2) is 6.80. The summed E-state index contributed by atoms with van der Waals surface area (Å²) in [5.74, 6) is 0. The van der Waals surface area contributed by atoms with Gasteiger partial charge in [0.1, 0.15) is 0 Å². The molecule has 0 fully saturated rings. The fourth-order valence-corrected chi connectivity index (χ4v) is 3.00.